The molecular weight excluding hydrogens is 396 g/mol. The van der Waals surface area contributed by atoms with Crippen molar-refractivity contribution in [2.45, 2.75) is 45.9 Å². The second kappa shape index (κ2) is 8.91. The van der Waals surface area contributed by atoms with Gasteiger partial charge in [0, 0.05) is 6.04 Å². The predicted molar refractivity (Wildman–Crippen MR) is 109 cm³/mol. The maximum atomic E-state index is 12.9. The van der Waals surface area contributed by atoms with Crippen LogP contribution >= 0.6 is 11.3 Å². The number of furan rings is 1. The van der Waals surface area contributed by atoms with E-state index in [0.29, 0.717) is 16.0 Å². The highest BCUT2D eigenvalue weighted by molar-refractivity contribution is 7.17. The van der Waals surface area contributed by atoms with Gasteiger partial charge in [-0.2, -0.15) is 0 Å². The number of carbonyl (C=O) groups excluding carboxylic acids is 2. The Morgan fingerprint density at radius 1 is 1.17 bits per heavy atom. The number of aromatic nitrogens is 2. The summed E-state index contributed by atoms with van der Waals surface area (Å²) in [5, 5.41) is 7.08. The summed E-state index contributed by atoms with van der Waals surface area (Å²) in [5.41, 5.74) is -0.864. The van der Waals surface area contributed by atoms with Crippen molar-refractivity contribution < 1.29 is 14.0 Å². The molecule has 0 spiro atoms. The van der Waals surface area contributed by atoms with Crippen molar-refractivity contribution >= 4 is 33.4 Å². The molecule has 1 atom stereocenters. The number of thiophene rings is 1. The molecule has 154 valence electrons. The minimum atomic E-state index is -0.701. The molecule has 0 aliphatic heterocycles. The van der Waals surface area contributed by atoms with Crippen molar-refractivity contribution in [1.29, 1.82) is 0 Å². The zero-order chi connectivity index (χ0) is 21.0. The Morgan fingerprint density at radius 2 is 1.93 bits per heavy atom. The third kappa shape index (κ3) is 4.65. The van der Waals surface area contributed by atoms with Crippen LogP contribution in [0.5, 0.6) is 0 Å². The Balaban J connectivity index is 1.87. The van der Waals surface area contributed by atoms with Gasteiger partial charge in [-0.05, 0) is 36.9 Å². The molecule has 2 amide bonds. The van der Waals surface area contributed by atoms with E-state index in [-0.39, 0.29) is 25.0 Å². The highest BCUT2D eigenvalue weighted by Crippen LogP contribution is 2.15. The fraction of sp³-hybridized carbons (Fsp3) is 0.368. The first kappa shape index (κ1) is 20.6. The smallest absolute Gasteiger partial charge is 0.332 e. The van der Waals surface area contributed by atoms with Crippen LogP contribution in [-0.4, -0.2) is 27.0 Å². The highest BCUT2D eigenvalue weighted by atomic mass is 32.1. The van der Waals surface area contributed by atoms with Crippen molar-refractivity contribution in [3.05, 3.63) is 56.4 Å². The Bertz CT molecular complexity index is 1130. The first-order valence-electron chi connectivity index (χ1n) is 9.20. The van der Waals surface area contributed by atoms with E-state index in [1.54, 1.807) is 23.6 Å². The molecule has 0 aromatic carbocycles. The molecule has 3 aromatic rings. The molecule has 2 N–H and O–H groups in total. The average Bonchev–Trinajstić information content (AvgIpc) is 3.38. The van der Waals surface area contributed by atoms with Gasteiger partial charge in [0.05, 0.1) is 18.3 Å². The largest absolute Gasteiger partial charge is 0.467 e. The minimum Gasteiger partial charge on any atom is -0.467 e. The van der Waals surface area contributed by atoms with Crippen molar-refractivity contribution in [2.75, 3.05) is 0 Å². The van der Waals surface area contributed by atoms with E-state index in [1.807, 2.05) is 13.8 Å². The van der Waals surface area contributed by atoms with Crippen LogP contribution in [0.4, 0.5) is 0 Å². The second-order valence-electron chi connectivity index (χ2n) is 6.63. The lowest BCUT2D eigenvalue weighted by Gasteiger charge is -2.14. The molecule has 29 heavy (non-hydrogen) atoms. The van der Waals surface area contributed by atoms with Gasteiger partial charge in [0.1, 0.15) is 23.5 Å². The van der Waals surface area contributed by atoms with Crippen molar-refractivity contribution in [2.24, 2.45) is 0 Å². The minimum absolute atomic E-state index is 0.0329. The Labute approximate surface area is 169 Å². The summed E-state index contributed by atoms with van der Waals surface area (Å²) >= 11 is 1.16. The number of nitrogens with one attached hydrogen (secondary N) is 2. The van der Waals surface area contributed by atoms with Crippen molar-refractivity contribution in [3.8, 4) is 0 Å². The summed E-state index contributed by atoms with van der Waals surface area (Å²) in [5.74, 6) is -0.285. The first-order valence-corrected chi connectivity index (χ1v) is 10.1. The number of fused-ring (bicyclic) bond motifs is 1. The molecule has 3 aromatic heterocycles. The molecule has 0 unspecified atom stereocenters. The molecule has 0 bridgehead atoms. The van der Waals surface area contributed by atoms with Gasteiger partial charge in [-0.15, -0.1) is 11.3 Å². The van der Waals surface area contributed by atoms with E-state index in [9.17, 15) is 19.2 Å². The van der Waals surface area contributed by atoms with E-state index < -0.39 is 23.7 Å². The molecule has 0 saturated carbocycles. The molecule has 0 fully saturated rings. The molecule has 0 aliphatic rings. The van der Waals surface area contributed by atoms with Gasteiger partial charge in [0.25, 0.3) is 5.56 Å². The molecule has 3 heterocycles. The van der Waals surface area contributed by atoms with E-state index in [4.69, 9.17) is 4.42 Å². The van der Waals surface area contributed by atoms with Gasteiger partial charge >= 0.3 is 5.69 Å². The van der Waals surface area contributed by atoms with Gasteiger partial charge in [0.2, 0.25) is 11.8 Å². The Morgan fingerprint density at radius 3 is 2.62 bits per heavy atom. The number of rotatable bonds is 8. The van der Waals surface area contributed by atoms with Gasteiger partial charge in [-0.3, -0.25) is 19.0 Å². The van der Waals surface area contributed by atoms with Crippen LogP contribution in [-0.2, 0) is 29.2 Å². The van der Waals surface area contributed by atoms with Crippen LogP contribution < -0.4 is 21.9 Å². The van der Waals surface area contributed by atoms with E-state index in [1.165, 1.54) is 10.8 Å². The molecule has 0 radical (unpaired) electrons. The maximum absolute atomic E-state index is 12.9. The quantitative estimate of drug-likeness (QED) is 0.567. The van der Waals surface area contributed by atoms with Crippen molar-refractivity contribution in [3.63, 3.8) is 0 Å². The van der Waals surface area contributed by atoms with Crippen LogP contribution in [0.2, 0.25) is 0 Å². The van der Waals surface area contributed by atoms with E-state index in [2.05, 4.69) is 10.6 Å². The summed E-state index contributed by atoms with van der Waals surface area (Å²) < 4.78 is 7.54. The zero-order valence-corrected chi connectivity index (χ0v) is 17.0. The number of amides is 2. The maximum Gasteiger partial charge on any atom is 0.332 e. The third-order valence-corrected chi connectivity index (χ3v) is 5.39. The van der Waals surface area contributed by atoms with Crippen LogP contribution in [0.3, 0.4) is 0 Å². The summed E-state index contributed by atoms with van der Waals surface area (Å²) in [6, 6.07) is 4.99. The van der Waals surface area contributed by atoms with Crippen LogP contribution in [0.25, 0.3) is 10.2 Å². The lowest BCUT2D eigenvalue weighted by atomic mass is 10.2. The van der Waals surface area contributed by atoms with Gasteiger partial charge in [0.15, 0.2) is 0 Å². The predicted octanol–water partition coefficient (Wildman–Crippen LogP) is 1.05. The van der Waals surface area contributed by atoms with E-state index >= 15 is 0 Å². The number of nitrogens with zero attached hydrogens (tertiary/aromatic N) is 2. The summed E-state index contributed by atoms with van der Waals surface area (Å²) in [6.07, 6.45) is 2.24. The van der Waals surface area contributed by atoms with Gasteiger partial charge < -0.3 is 15.1 Å². The molecule has 10 heteroatoms. The average molecular weight is 418 g/mol. The van der Waals surface area contributed by atoms with E-state index in [0.717, 1.165) is 22.3 Å². The lowest BCUT2D eigenvalue weighted by molar-refractivity contribution is -0.122. The van der Waals surface area contributed by atoms with Gasteiger partial charge in [-0.25, -0.2) is 9.36 Å². The van der Waals surface area contributed by atoms with Crippen LogP contribution in [0, 0.1) is 0 Å². The lowest BCUT2D eigenvalue weighted by Crippen LogP contribution is -2.45. The molecular formula is C19H22N4O5S. The molecule has 9 nitrogen and oxygen atoms in total. The monoisotopic (exact) mass is 418 g/mol. The summed E-state index contributed by atoms with van der Waals surface area (Å²) in [6.45, 7) is 3.28. The first-order chi connectivity index (χ1) is 13.9. The summed E-state index contributed by atoms with van der Waals surface area (Å²) in [7, 11) is 0. The second-order valence-corrected chi connectivity index (χ2v) is 7.54. The number of hydrogen-bond acceptors (Lipinski definition) is 6. The zero-order valence-electron chi connectivity index (χ0n) is 16.1. The normalized spacial score (nSPS) is 12.1. The Hall–Kier alpha value is -3.14. The topological polar surface area (TPSA) is 115 Å². The molecule has 0 aliphatic carbocycles. The highest BCUT2D eigenvalue weighted by Gasteiger charge is 2.18. The fourth-order valence-corrected chi connectivity index (χ4v) is 3.63. The molecule has 3 rings (SSSR count). The SMILES string of the molecule is CC[C@@H](C)NC(=O)Cn1c(=O)n(CC(=O)NCc2ccco2)c(=O)c2sccc21. The van der Waals surface area contributed by atoms with Gasteiger partial charge in [-0.1, -0.05) is 6.92 Å². The molecule has 0 saturated heterocycles. The van der Waals surface area contributed by atoms with Crippen LogP contribution in [0.15, 0.2) is 43.8 Å². The Kier molecular flexibility index (Phi) is 6.32. The third-order valence-electron chi connectivity index (χ3n) is 4.50. The standard InChI is InChI=1S/C19H22N4O5S/c1-3-12(2)21-16(25)11-22-14-6-8-29-17(14)18(26)23(19(22)27)10-15(24)20-9-13-5-4-7-28-13/h4-8,12H,3,9-11H2,1-2H3,(H,20,24)(H,21,25)/t12-/m1/s1. The number of carbonyl (C=O) groups is 2. The number of hydrogen-bond donors (Lipinski definition) is 2. The fourth-order valence-electron chi connectivity index (χ4n) is 2.79. The van der Waals surface area contributed by atoms with Crippen LogP contribution in [0.1, 0.15) is 26.0 Å². The summed E-state index contributed by atoms with van der Waals surface area (Å²) in [4.78, 5) is 50.2. The van der Waals surface area contributed by atoms with Crippen molar-refractivity contribution in [1.82, 2.24) is 19.8 Å².